The van der Waals surface area contributed by atoms with Crippen LogP contribution in [0.5, 0.6) is 5.75 Å². The Morgan fingerprint density at radius 1 is 1.00 bits per heavy atom. The van der Waals surface area contributed by atoms with E-state index in [4.69, 9.17) is 4.74 Å². The van der Waals surface area contributed by atoms with Crippen LogP contribution in [0.2, 0.25) is 0 Å². The fourth-order valence-electron chi connectivity index (χ4n) is 3.40. The first-order valence-electron chi connectivity index (χ1n) is 11.9. The average molecular weight is 473 g/mol. The van der Waals surface area contributed by atoms with E-state index in [1.165, 1.54) is 17.1 Å². The molecule has 186 valence electrons. The molecule has 1 heterocycles. The van der Waals surface area contributed by atoms with Gasteiger partial charge in [-0.1, -0.05) is 18.6 Å². The van der Waals surface area contributed by atoms with Crippen molar-refractivity contribution in [1.29, 1.82) is 0 Å². The van der Waals surface area contributed by atoms with Crippen molar-refractivity contribution in [2.24, 2.45) is 5.41 Å². The molecule has 0 radical (unpaired) electrons. The molecule has 0 spiro atoms. The Morgan fingerprint density at radius 3 is 2.35 bits per heavy atom. The average Bonchev–Trinajstić information content (AvgIpc) is 3.09. The molecule has 8 nitrogen and oxygen atoms in total. The van der Waals surface area contributed by atoms with Crippen molar-refractivity contribution in [2.45, 2.75) is 72.3 Å². The molecule has 1 aliphatic rings. The highest BCUT2D eigenvalue weighted by molar-refractivity contribution is 6.12. The molecule has 1 aromatic carbocycles. The number of rotatable bonds is 13. The quantitative estimate of drug-likeness (QED) is 0.258. The molecule has 0 saturated carbocycles. The summed E-state index contributed by atoms with van der Waals surface area (Å²) in [5, 5.41) is 13.1. The Bertz CT molecular complexity index is 898. The van der Waals surface area contributed by atoms with E-state index in [2.05, 4.69) is 5.32 Å². The zero-order valence-corrected chi connectivity index (χ0v) is 20.4. The number of amides is 3. The van der Waals surface area contributed by atoms with E-state index < -0.39 is 5.41 Å². The molecule has 0 fully saturated rings. The van der Waals surface area contributed by atoms with Crippen LogP contribution >= 0.6 is 0 Å². The van der Waals surface area contributed by atoms with Crippen LogP contribution in [-0.2, 0) is 36.9 Å². The highest BCUT2D eigenvalue weighted by atomic mass is 16.5. The first kappa shape index (κ1) is 27.1. The van der Waals surface area contributed by atoms with E-state index in [0.717, 1.165) is 31.2 Å². The standard InChI is InChI=1S/C26H36N2O6/c1-26(2,3)25(33)34-18-20-12-11-19(17-21(20)29)9-6-7-15-27-22(30)10-5-4-8-16-28-23(31)13-14-24(28)32/h11-14,17,29H,4-10,15-16,18H2,1-3H3,(H,27,30). The topological polar surface area (TPSA) is 113 Å². The maximum Gasteiger partial charge on any atom is 0.311 e. The van der Waals surface area contributed by atoms with Gasteiger partial charge >= 0.3 is 5.97 Å². The number of hydrogen-bond acceptors (Lipinski definition) is 6. The summed E-state index contributed by atoms with van der Waals surface area (Å²) >= 11 is 0. The number of benzene rings is 1. The van der Waals surface area contributed by atoms with Crippen LogP contribution in [-0.4, -0.2) is 46.8 Å². The first-order valence-corrected chi connectivity index (χ1v) is 11.9. The molecule has 0 aliphatic carbocycles. The van der Waals surface area contributed by atoms with Crippen LogP contribution in [0.1, 0.15) is 70.4 Å². The van der Waals surface area contributed by atoms with Crippen molar-refractivity contribution in [2.75, 3.05) is 13.1 Å². The Morgan fingerprint density at radius 2 is 1.71 bits per heavy atom. The minimum absolute atomic E-state index is 0.00166. The smallest absolute Gasteiger partial charge is 0.311 e. The number of ether oxygens (including phenoxy) is 1. The molecule has 0 aromatic heterocycles. The normalized spacial score (nSPS) is 13.4. The largest absolute Gasteiger partial charge is 0.508 e. The molecule has 2 rings (SSSR count). The molecule has 1 aromatic rings. The van der Waals surface area contributed by atoms with E-state index in [-0.39, 0.29) is 36.0 Å². The monoisotopic (exact) mass is 472 g/mol. The number of hydrogen-bond donors (Lipinski definition) is 2. The molecule has 0 saturated heterocycles. The van der Waals surface area contributed by atoms with Gasteiger partial charge in [0.1, 0.15) is 12.4 Å². The molecule has 34 heavy (non-hydrogen) atoms. The Hall–Kier alpha value is -3.16. The van der Waals surface area contributed by atoms with Crippen LogP contribution in [0.4, 0.5) is 0 Å². The van der Waals surface area contributed by atoms with E-state index in [1.54, 1.807) is 32.9 Å². The lowest BCUT2D eigenvalue weighted by Crippen LogP contribution is -2.30. The summed E-state index contributed by atoms with van der Waals surface area (Å²) in [6.45, 7) is 6.37. The zero-order valence-electron chi connectivity index (χ0n) is 20.4. The number of imide groups is 1. The van der Waals surface area contributed by atoms with Gasteiger partial charge in [-0.25, -0.2) is 0 Å². The third-order valence-electron chi connectivity index (χ3n) is 5.52. The summed E-state index contributed by atoms with van der Waals surface area (Å²) in [5.74, 6) is -0.735. The lowest BCUT2D eigenvalue weighted by atomic mass is 9.97. The molecule has 0 atom stereocenters. The summed E-state index contributed by atoms with van der Waals surface area (Å²) in [6, 6.07) is 5.38. The molecule has 0 unspecified atom stereocenters. The lowest BCUT2D eigenvalue weighted by molar-refractivity contribution is -0.154. The molecule has 1 aliphatic heterocycles. The van der Waals surface area contributed by atoms with Gasteiger partial charge < -0.3 is 15.2 Å². The predicted octanol–water partition coefficient (Wildman–Crippen LogP) is 3.41. The van der Waals surface area contributed by atoms with Crippen molar-refractivity contribution in [3.8, 4) is 5.75 Å². The zero-order chi connectivity index (χ0) is 25.1. The summed E-state index contributed by atoms with van der Waals surface area (Å²) in [5.41, 5.74) is 0.975. The second-order valence-electron chi connectivity index (χ2n) is 9.57. The summed E-state index contributed by atoms with van der Waals surface area (Å²) in [7, 11) is 0. The Kier molecular flexibility index (Phi) is 10.3. The summed E-state index contributed by atoms with van der Waals surface area (Å²) in [6.07, 6.45) is 7.63. The van der Waals surface area contributed by atoms with E-state index in [9.17, 15) is 24.3 Å². The van der Waals surface area contributed by atoms with Crippen LogP contribution in [0, 0.1) is 5.41 Å². The fraction of sp³-hybridized carbons (Fsp3) is 0.538. The number of carbonyl (C=O) groups excluding carboxylic acids is 4. The second kappa shape index (κ2) is 12.9. The van der Waals surface area contributed by atoms with Gasteiger partial charge in [-0.05, 0) is 64.5 Å². The number of unbranched alkanes of at least 4 members (excludes halogenated alkanes) is 3. The van der Waals surface area contributed by atoms with Gasteiger partial charge in [0.05, 0.1) is 5.41 Å². The molecule has 0 bridgehead atoms. The maximum atomic E-state index is 11.9. The van der Waals surface area contributed by atoms with Crippen molar-refractivity contribution in [3.63, 3.8) is 0 Å². The number of aryl methyl sites for hydroxylation is 1. The van der Waals surface area contributed by atoms with Gasteiger partial charge in [-0.3, -0.25) is 24.1 Å². The minimum Gasteiger partial charge on any atom is -0.508 e. The van der Waals surface area contributed by atoms with Crippen molar-refractivity contribution in [1.82, 2.24) is 10.2 Å². The third kappa shape index (κ3) is 9.00. The van der Waals surface area contributed by atoms with Crippen molar-refractivity contribution in [3.05, 3.63) is 41.5 Å². The van der Waals surface area contributed by atoms with Gasteiger partial charge in [0.15, 0.2) is 0 Å². The number of phenolic OH excluding ortho intramolecular Hbond substituents is 1. The van der Waals surface area contributed by atoms with Gasteiger partial charge in [-0.2, -0.15) is 0 Å². The number of esters is 1. The Balaban J connectivity index is 1.54. The van der Waals surface area contributed by atoms with Crippen LogP contribution in [0.25, 0.3) is 0 Å². The van der Waals surface area contributed by atoms with E-state index >= 15 is 0 Å². The number of phenols is 1. The fourth-order valence-corrected chi connectivity index (χ4v) is 3.40. The molecule has 8 heteroatoms. The summed E-state index contributed by atoms with van der Waals surface area (Å²) < 4.78 is 5.25. The number of nitrogens with one attached hydrogen (secondary N) is 1. The molecule has 2 N–H and O–H groups in total. The van der Waals surface area contributed by atoms with Crippen molar-refractivity contribution >= 4 is 23.7 Å². The number of aromatic hydroxyl groups is 1. The summed E-state index contributed by atoms with van der Waals surface area (Å²) in [4.78, 5) is 47.9. The van der Waals surface area contributed by atoms with Crippen LogP contribution in [0.15, 0.2) is 30.4 Å². The Labute approximate surface area is 201 Å². The minimum atomic E-state index is -0.584. The highest BCUT2D eigenvalue weighted by Crippen LogP contribution is 2.23. The molecular formula is C26H36N2O6. The highest BCUT2D eigenvalue weighted by Gasteiger charge is 2.23. The van der Waals surface area contributed by atoms with Gasteiger partial charge in [-0.15, -0.1) is 0 Å². The lowest BCUT2D eigenvalue weighted by Gasteiger charge is -2.17. The second-order valence-corrected chi connectivity index (χ2v) is 9.57. The van der Waals surface area contributed by atoms with E-state index in [1.807, 2.05) is 6.07 Å². The first-order chi connectivity index (χ1) is 16.1. The van der Waals surface area contributed by atoms with Crippen LogP contribution in [0.3, 0.4) is 0 Å². The van der Waals surface area contributed by atoms with Gasteiger partial charge in [0, 0.05) is 37.2 Å². The molecular weight excluding hydrogens is 436 g/mol. The van der Waals surface area contributed by atoms with Crippen molar-refractivity contribution < 1.29 is 29.0 Å². The third-order valence-corrected chi connectivity index (χ3v) is 5.52. The number of carbonyl (C=O) groups is 4. The van der Waals surface area contributed by atoms with E-state index in [0.29, 0.717) is 37.9 Å². The van der Waals surface area contributed by atoms with Crippen LogP contribution < -0.4 is 5.32 Å². The van der Waals surface area contributed by atoms with Gasteiger partial charge in [0.2, 0.25) is 5.91 Å². The SMILES string of the molecule is CC(C)(C)C(=O)OCc1ccc(CCCCNC(=O)CCCCCN2C(=O)C=CC2=O)cc1O. The molecule has 3 amide bonds. The number of nitrogens with zero attached hydrogens (tertiary/aromatic N) is 1. The van der Waals surface area contributed by atoms with Gasteiger partial charge in [0.25, 0.3) is 11.8 Å². The maximum absolute atomic E-state index is 11.9. The predicted molar refractivity (Wildman–Crippen MR) is 128 cm³/mol.